The Morgan fingerprint density at radius 3 is 1.47 bits per heavy atom. The van der Waals surface area contributed by atoms with Crippen molar-refractivity contribution in [1.82, 2.24) is 4.72 Å². The largest absolute Gasteiger partial charge is 0.325 e. The van der Waals surface area contributed by atoms with Crippen LogP contribution in [0.5, 0.6) is 0 Å². The minimum Gasteiger partial charge on any atom is -0.325 e. The molecule has 32 heavy (non-hydrogen) atoms. The summed E-state index contributed by atoms with van der Waals surface area (Å²) in [6, 6.07) is 17.3. The first-order chi connectivity index (χ1) is 14.7. The van der Waals surface area contributed by atoms with Crippen LogP contribution in [0.1, 0.15) is 20.8 Å². The number of rotatable bonds is 7. The van der Waals surface area contributed by atoms with Gasteiger partial charge in [-0.1, -0.05) is 36.4 Å². The molecule has 0 spiro atoms. The van der Waals surface area contributed by atoms with E-state index in [1.54, 1.807) is 75.4 Å². The second-order valence-corrected chi connectivity index (χ2v) is 11.1. The van der Waals surface area contributed by atoms with E-state index in [0.29, 0.717) is 11.4 Å². The summed E-state index contributed by atoms with van der Waals surface area (Å²) in [4.78, 5) is 22.6. The van der Waals surface area contributed by atoms with Crippen LogP contribution in [0.15, 0.2) is 60.7 Å². The summed E-state index contributed by atoms with van der Waals surface area (Å²) in [5, 5.41) is 9.63. The summed E-state index contributed by atoms with van der Waals surface area (Å²) in [6.45, 7) is 5.17. The first-order valence-corrected chi connectivity index (χ1v) is 12.7. The van der Waals surface area contributed by atoms with Gasteiger partial charge in [0.2, 0.25) is 31.9 Å². The van der Waals surface area contributed by atoms with Gasteiger partial charge >= 0.3 is 0 Å². The average molecular weight is 485 g/mol. The summed E-state index contributed by atoms with van der Waals surface area (Å²) in [6.07, 6.45) is 0. The van der Waals surface area contributed by atoms with Crippen LogP contribution in [0.2, 0.25) is 0 Å². The van der Waals surface area contributed by atoms with Gasteiger partial charge in [-0.25, -0.2) is 26.7 Å². The van der Waals surface area contributed by atoms with Gasteiger partial charge in [0.1, 0.15) is 11.5 Å². The minimum atomic E-state index is -3.76. The number of primary sulfonamides is 1. The van der Waals surface area contributed by atoms with Crippen LogP contribution < -0.4 is 20.5 Å². The zero-order valence-electron chi connectivity index (χ0n) is 18.0. The molecule has 0 aliphatic rings. The van der Waals surface area contributed by atoms with Crippen molar-refractivity contribution < 1.29 is 26.4 Å². The molecule has 0 saturated heterocycles. The Morgan fingerprint density at radius 2 is 1.12 bits per heavy atom. The highest BCUT2D eigenvalue weighted by atomic mass is 32.2. The number of carbonyl (C=O) groups excluding carboxylic acids is 2. The normalized spacial score (nSPS) is 11.6. The van der Waals surface area contributed by atoms with Gasteiger partial charge in [-0.15, -0.1) is 0 Å². The number of benzene rings is 2. The van der Waals surface area contributed by atoms with Crippen molar-refractivity contribution in [3.63, 3.8) is 0 Å². The fourth-order valence-electron chi connectivity index (χ4n) is 2.30. The SMILES string of the molecule is CC(C)(C)NS(=O)(=O)CC(=O)Nc1ccccc1.NS(=O)(=O)CC(=O)Nc1ccccc1. The van der Waals surface area contributed by atoms with Crippen molar-refractivity contribution in [2.75, 3.05) is 22.1 Å². The van der Waals surface area contributed by atoms with E-state index in [1.165, 1.54) is 0 Å². The molecule has 5 N–H and O–H groups in total. The van der Waals surface area contributed by atoms with Gasteiger partial charge in [-0.2, -0.15) is 0 Å². The molecule has 0 aromatic heterocycles. The maximum Gasteiger partial charge on any atom is 0.240 e. The Morgan fingerprint density at radius 1 is 0.750 bits per heavy atom. The fourth-order valence-corrected chi connectivity index (χ4v) is 4.16. The number of amides is 2. The Balaban J connectivity index is 0.000000330. The van der Waals surface area contributed by atoms with E-state index in [4.69, 9.17) is 5.14 Å². The van der Waals surface area contributed by atoms with Gasteiger partial charge in [0.15, 0.2) is 0 Å². The quantitative estimate of drug-likeness (QED) is 0.462. The Kier molecular flexibility index (Phi) is 9.97. The molecule has 10 nitrogen and oxygen atoms in total. The molecule has 0 atom stereocenters. The van der Waals surface area contributed by atoms with Gasteiger partial charge in [0.05, 0.1) is 0 Å². The first-order valence-electron chi connectivity index (χ1n) is 9.37. The van der Waals surface area contributed by atoms with Crippen LogP contribution in [0.3, 0.4) is 0 Å². The highest BCUT2D eigenvalue weighted by Gasteiger charge is 2.22. The van der Waals surface area contributed by atoms with Gasteiger partial charge in [-0.05, 0) is 45.0 Å². The molecule has 0 unspecified atom stereocenters. The number of nitrogens with two attached hydrogens (primary N) is 1. The van der Waals surface area contributed by atoms with E-state index in [-0.39, 0.29) is 0 Å². The molecule has 0 bridgehead atoms. The number of nitrogens with one attached hydrogen (secondary N) is 3. The third-order valence-electron chi connectivity index (χ3n) is 3.23. The van der Waals surface area contributed by atoms with Crippen molar-refractivity contribution in [3.8, 4) is 0 Å². The topological polar surface area (TPSA) is 165 Å². The number of sulfonamides is 2. The molecular formula is C20H28N4O6S2. The van der Waals surface area contributed by atoms with E-state index in [2.05, 4.69) is 15.4 Å². The lowest BCUT2D eigenvalue weighted by molar-refractivity contribution is -0.114. The predicted octanol–water partition coefficient (Wildman–Crippen LogP) is 1.26. The van der Waals surface area contributed by atoms with Gasteiger partial charge in [0, 0.05) is 16.9 Å². The maximum absolute atomic E-state index is 11.7. The average Bonchev–Trinajstić information content (AvgIpc) is 2.59. The van der Waals surface area contributed by atoms with Crippen LogP contribution in [-0.2, 0) is 29.6 Å². The molecule has 2 rings (SSSR count). The first kappa shape index (κ1) is 27.2. The van der Waals surface area contributed by atoms with E-state index in [9.17, 15) is 26.4 Å². The van der Waals surface area contributed by atoms with Gasteiger partial charge in [0.25, 0.3) is 0 Å². The third-order valence-corrected chi connectivity index (χ3v) is 5.46. The minimum absolute atomic E-state index is 0.543. The zero-order valence-corrected chi connectivity index (χ0v) is 19.7. The molecule has 2 aromatic rings. The number of hydrogen-bond donors (Lipinski definition) is 4. The van der Waals surface area contributed by atoms with Crippen LogP contribution in [-0.4, -0.2) is 45.7 Å². The molecule has 0 fully saturated rings. The van der Waals surface area contributed by atoms with Crippen LogP contribution in [0.25, 0.3) is 0 Å². The second kappa shape index (κ2) is 11.7. The number of anilines is 2. The number of hydrogen-bond acceptors (Lipinski definition) is 6. The van der Waals surface area contributed by atoms with Gasteiger partial charge < -0.3 is 10.6 Å². The molecule has 0 aliphatic carbocycles. The summed E-state index contributed by atoms with van der Waals surface area (Å²) >= 11 is 0. The lowest BCUT2D eigenvalue weighted by Crippen LogP contribution is -2.43. The van der Waals surface area contributed by atoms with Crippen LogP contribution in [0, 0.1) is 0 Å². The molecule has 0 radical (unpaired) electrons. The number of carbonyl (C=O) groups is 2. The second-order valence-electron chi connectivity index (χ2n) is 7.75. The molecule has 0 heterocycles. The van der Waals surface area contributed by atoms with Crippen LogP contribution in [0.4, 0.5) is 11.4 Å². The Labute approximate surface area is 188 Å². The molecule has 0 aliphatic heterocycles. The van der Waals surface area contributed by atoms with Crippen molar-refractivity contribution >= 4 is 43.2 Å². The van der Waals surface area contributed by atoms with E-state index in [0.717, 1.165) is 0 Å². The van der Waals surface area contributed by atoms with E-state index >= 15 is 0 Å². The summed E-state index contributed by atoms with van der Waals surface area (Å²) in [7, 11) is -7.38. The highest BCUT2D eigenvalue weighted by molar-refractivity contribution is 7.90. The van der Waals surface area contributed by atoms with Crippen LogP contribution >= 0.6 is 0 Å². The molecule has 2 amide bonds. The van der Waals surface area contributed by atoms with Crippen molar-refractivity contribution in [1.29, 1.82) is 0 Å². The molecule has 12 heteroatoms. The molecule has 0 saturated carbocycles. The lowest BCUT2D eigenvalue weighted by atomic mass is 10.1. The summed E-state index contributed by atoms with van der Waals surface area (Å²) in [5.41, 5.74) is 0.529. The summed E-state index contributed by atoms with van der Waals surface area (Å²) in [5.74, 6) is -2.49. The van der Waals surface area contributed by atoms with Crippen molar-refractivity contribution in [2.45, 2.75) is 26.3 Å². The Hall–Kier alpha value is -2.80. The van der Waals surface area contributed by atoms with E-state index < -0.39 is 48.9 Å². The molecule has 176 valence electrons. The monoisotopic (exact) mass is 484 g/mol. The van der Waals surface area contributed by atoms with Gasteiger partial charge in [-0.3, -0.25) is 9.59 Å². The van der Waals surface area contributed by atoms with Crippen molar-refractivity contribution in [3.05, 3.63) is 60.7 Å². The highest BCUT2D eigenvalue weighted by Crippen LogP contribution is 2.07. The predicted molar refractivity (Wildman–Crippen MR) is 125 cm³/mol. The molecule has 2 aromatic carbocycles. The van der Waals surface area contributed by atoms with Crippen molar-refractivity contribution in [2.24, 2.45) is 5.14 Å². The third kappa shape index (κ3) is 13.5. The molecular weight excluding hydrogens is 456 g/mol. The standard InChI is InChI=1S/C12H18N2O3S.C8H10N2O3S/c1-12(2,3)14-18(16,17)9-11(15)13-10-7-5-4-6-8-10;9-14(12,13)6-8(11)10-7-4-2-1-3-5-7/h4-8,14H,9H2,1-3H3,(H,13,15);1-5H,6H2,(H,10,11)(H2,9,12,13). The maximum atomic E-state index is 11.7. The lowest BCUT2D eigenvalue weighted by Gasteiger charge is -2.20. The summed E-state index contributed by atoms with van der Waals surface area (Å²) < 4.78 is 46.9. The smallest absolute Gasteiger partial charge is 0.240 e. The zero-order chi connectivity index (χ0) is 24.4. The van der Waals surface area contributed by atoms with E-state index in [1.807, 2.05) is 6.07 Å². The number of para-hydroxylation sites is 2. The fraction of sp³-hybridized carbons (Fsp3) is 0.300. The Bertz CT molecular complexity index is 1100.